The Kier molecular flexibility index (Phi) is 6.55. The zero-order valence-electron chi connectivity index (χ0n) is 33.9. The molecule has 0 atom stereocenters. The van der Waals surface area contributed by atoms with E-state index >= 15 is 0 Å². The van der Waals surface area contributed by atoms with Crippen LogP contribution in [-0.2, 0) is 10.8 Å². The predicted octanol–water partition coefficient (Wildman–Crippen LogP) is 16.0. The van der Waals surface area contributed by atoms with Crippen LogP contribution in [-0.4, -0.2) is 0 Å². The molecule has 0 saturated heterocycles. The summed E-state index contributed by atoms with van der Waals surface area (Å²) in [6.07, 6.45) is 0. The number of anilines is 6. The second-order valence-electron chi connectivity index (χ2n) is 17.8. The molecule has 4 heteroatoms. The second-order valence-corrected chi connectivity index (χ2v) is 17.8. The molecule has 0 amide bonds. The summed E-state index contributed by atoms with van der Waals surface area (Å²) < 4.78 is 13.5. The van der Waals surface area contributed by atoms with Gasteiger partial charge in [0.25, 0.3) is 0 Å². The van der Waals surface area contributed by atoms with Crippen LogP contribution in [0.5, 0.6) is 0 Å². The van der Waals surface area contributed by atoms with Crippen LogP contribution in [0, 0.1) is 0 Å². The van der Waals surface area contributed by atoms with Gasteiger partial charge >= 0.3 is 0 Å². The highest BCUT2D eigenvalue weighted by Gasteiger charge is 2.38. The Hall–Kier alpha value is -7.30. The van der Waals surface area contributed by atoms with Gasteiger partial charge in [-0.25, -0.2) is 0 Å². The van der Waals surface area contributed by atoms with Crippen LogP contribution in [0.25, 0.3) is 65.4 Å². The third-order valence-electron chi connectivity index (χ3n) is 13.7. The highest BCUT2D eigenvalue weighted by molar-refractivity contribution is 6.24. The van der Waals surface area contributed by atoms with Gasteiger partial charge in [-0.1, -0.05) is 113 Å². The van der Waals surface area contributed by atoms with Crippen molar-refractivity contribution in [3.8, 4) is 0 Å². The van der Waals surface area contributed by atoms with Gasteiger partial charge in [-0.15, -0.1) is 0 Å². The Morgan fingerprint density at radius 3 is 1.27 bits per heavy atom. The Balaban J connectivity index is 0.944. The van der Waals surface area contributed by atoms with Crippen LogP contribution in [0.15, 0.2) is 179 Å². The van der Waals surface area contributed by atoms with Crippen molar-refractivity contribution in [2.45, 2.75) is 38.5 Å². The summed E-state index contributed by atoms with van der Waals surface area (Å²) in [5, 5.41) is 8.86. The van der Waals surface area contributed by atoms with Crippen LogP contribution < -0.4 is 9.80 Å². The Morgan fingerprint density at radius 2 is 0.783 bits per heavy atom. The first-order valence-corrected chi connectivity index (χ1v) is 20.9. The largest absolute Gasteiger partial charge is 0.456 e. The van der Waals surface area contributed by atoms with Gasteiger partial charge in [0.15, 0.2) is 0 Å². The minimum absolute atomic E-state index is 0.108. The molecule has 0 bridgehead atoms. The van der Waals surface area contributed by atoms with Crippen molar-refractivity contribution in [3.05, 3.63) is 192 Å². The third kappa shape index (κ3) is 4.45. The van der Waals surface area contributed by atoms with E-state index in [1.165, 1.54) is 50.4 Å². The normalized spacial score (nSPS) is 15.2. The molecular formula is C56H40N2O2. The van der Waals surface area contributed by atoms with Crippen molar-refractivity contribution in [2.75, 3.05) is 9.80 Å². The molecular weight excluding hydrogens is 733 g/mol. The van der Waals surface area contributed by atoms with Crippen molar-refractivity contribution < 1.29 is 8.83 Å². The second kappa shape index (κ2) is 11.7. The molecule has 0 fully saturated rings. The number of hydrogen-bond acceptors (Lipinski definition) is 4. The molecule has 0 unspecified atom stereocenters. The summed E-state index contributed by atoms with van der Waals surface area (Å²) in [6.45, 7) is 9.31. The Bertz CT molecular complexity index is 3540. The third-order valence-corrected chi connectivity index (χ3v) is 13.7. The van der Waals surface area contributed by atoms with Crippen molar-refractivity contribution in [1.82, 2.24) is 0 Å². The van der Waals surface area contributed by atoms with Crippen molar-refractivity contribution in [2.24, 2.45) is 0 Å². The van der Waals surface area contributed by atoms with Gasteiger partial charge < -0.3 is 18.6 Å². The highest BCUT2D eigenvalue weighted by Crippen LogP contribution is 2.54. The molecule has 60 heavy (non-hydrogen) atoms. The van der Waals surface area contributed by atoms with E-state index < -0.39 is 0 Å². The van der Waals surface area contributed by atoms with E-state index in [1.54, 1.807) is 0 Å². The van der Waals surface area contributed by atoms with Gasteiger partial charge in [0.1, 0.15) is 22.3 Å². The molecule has 4 heterocycles. The molecule has 13 rings (SSSR count). The number of furan rings is 2. The number of fused-ring (bicyclic) bond motifs is 13. The molecule has 2 aliphatic heterocycles. The number of benzene rings is 9. The number of nitrogens with zero attached hydrogens (tertiary/aromatic N) is 2. The van der Waals surface area contributed by atoms with Gasteiger partial charge in [-0.3, -0.25) is 0 Å². The van der Waals surface area contributed by atoms with E-state index in [0.717, 1.165) is 71.4 Å². The Labute approximate surface area is 347 Å². The van der Waals surface area contributed by atoms with Gasteiger partial charge in [-0.05, 0) is 129 Å². The smallest absolute Gasteiger partial charge is 0.147 e. The summed E-state index contributed by atoms with van der Waals surface area (Å²) in [7, 11) is 0. The first-order chi connectivity index (χ1) is 29.2. The van der Waals surface area contributed by atoms with Crippen LogP contribution in [0.4, 0.5) is 34.1 Å². The lowest BCUT2D eigenvalue weighted by Crippen LogP contribution is -2.30. The molecule has 286 valence electrons. The zero-order valence-corrected chi connectivity index (χ0v) is 33.9. The van der Waals surface area contributed by atoms with E-state index in [1.807, 2.05) is 0 Å². The minimum atomic E-state index is -0.108. The fourth-order valence-corrected chi connectivity index (χ4v) is 10.7. The first kappa shape index (κ1) is 33.6. The first-order valence-electron chi connectivity index (χ1n) is 20.9. The molecule has 9 aromatic carbocycles. The SMILES string of the molecule is CC1(C)c2ccccc2N(c2ccc3cc4c(cc3c2)oc2c4ccc3oc4cc5cc(N6c7ccccc7C(C)(C)c7ccccc76)ccc5cc4c32)c2ccccc21. The predicted molar refractivity (Wildman–Crippen MR) is 250 cm³/mol. The molecule has 2 aromatic heterocycles. The average molecular weight is 773 g/mol. The van der Waals surface area contributed by atoms with Crippen LogP contribution in [0.2, 0.25) is 0 Å². The molecule has 0 N–H and O–H groups in total. The highest BCUT2D eigenvalue weighted by atomic mass is 16.3. The maximum atomic E-state index is 6.88. The van der Waals surface area contributed by atoms with E-state index in [2.05, 4.69) is 207 Å². The van der Waals surface area contributed by atoms with Gasteiger partial charge in [-0.2, -0.15) is 0 Å². The lowest BCUT2D eigenvalue weighted by atomic mass is 9.73. The monoisotopic (exact) mass is 772 g/mol. The fraction of sp³-hybridized carbons (Fsp3) is 0.107. The average Bonchev–Trinajstić information content (AvgIpc) is 3.82. The van der Waals surface area contributed by atoms with Crippen molar-refractivity contribution in [3.63, 3.8) is 0 Å². The summed E-state index contributed by atoms with van der Waals surface area (Å²) in [6, 6.07) is 62.1. The quantitative estimate of drug-likeness (QED) is 0.175. The summed E-state index contributed by atoms with van der Waals surface area (Å²) >= 11 is 0. The molecule has 0 aliphatic carbocycles. The van der Waals surface area contributed by atoms with Crippen LogP contribution >= 0.6 is 0 Å². The molecule has 0 spiro atoms. The lowest BCUT2D eigenvalue weighted by molar-refractivity contribution is 0.632. The molecule has 0 radical (unpaired) electrons. The Morgan fingerprint density at radius 1 is 0.350 bits per heavy atom. The topological polar surface area (TPSA) is 32.8 Å². The lowest BCUT2D eigenvalue weighted by Gasteiger charge is -2.42. The number of para-hydroxylation sites is 4. The molecule has 4 nitrogen and oxygen atoms in total. The molecule has 2 aliphatic rings. The van der Waals surface area contributed by atoms with E-state index in [9.17, 15) is 0 Å². The van der Waals surface area contributed by atoms with E-state index in [-0.39, 0.29) is 10.8 Å². The van der Waals surface area contributed by atoms with Gasteiger partial charge in [0.2, 0.25) is 0 Å². The molecule has 11 aromatic rings. The van der Waals surface area contributed by atoms with Crippen molar-refractivity contribution >= 4 is 99.5 Å². The zero-order chi connectivity index (χ0) is 40.1. The van der Waals surface area contributed by atoms with Crippen molar-refractivity contribution in [1.29, 1.82) is 0 Å². The summed E-state index contributed by atoms with van der Waals surface area (Å²) in [5.74, 6) is 0. The van der Waals surface area contributed by atoms with Gasteiger partial charge in [0.05, 0.1) is 28.1 Å². The molecule has 0 saturated carbocycles. The van der Waals surface area contributed by atoms with Crippen LogP contribution in [0.1, 0.15) is 49.9 Å². The van der Waals surface area contributed by atoms with E-state index in [0.29, 0.717) is 0 Å². The fourth-order valence-electron chi connectivity index (χ4n) is 10.7. The van der Waals surface area contributed by atoms with E-state index in [4.69, 9.17) is 8.83 Å². The van der Waals surface area contributed by atoms with Gasteiger partial charge in [0, 0.05) is 38.4 Å². The maximum Gasteiger partial charge on any atom is 0.147 e. The number of rotatable bonds is 2. The van der Waals surface area contributed by atoms with Crippen LogP contribution in [0.3, 0.4) is 0 Å². The summed E-state index contributed by atoms with van der Waals surface area (Å²) in [5.41, 5.74) is 15.6. The number of hydrogen-bond donors (Lipinski definition) is 0. The summed E-state index contributed by atoms with van der Waals surface area (Å²) in [4.78, 5) is 4.83. The standard InChI is InChI=1S/C56H40N2O2/c1-55(2)42-13-5-9-17-46(42)57(47-18-10-6-14-43(47)55)37-23-21-33-29-40-39-25-26-50-53(54(39)60-51(40)31-35(33)27-37)41-30-34-22-24-38(28-36(34)32-52(41)59-50)58-48-19-11-7-15-44(48)56(3,4)45-16-8-12-20-49(45)58/h5-32H,1-4H3. The maximum absolute atomic E-state index is 6.88. The minimum Gasteiger partial charge on any atom is -0.456 e.